The first-order valence-corrected chi connectivity index (χ1v) is 5.69. The largest absolute Gasteiger partial charge is 0.399 e. The Hall–Kier alpha value is -1.51. The number of carbonyl (C=O) groups is 1. The Bertz CT molecular complexity index is 345. The maximum Gasteiger partial charge on any atom is 0.253 e. The number of carbonyl (C=O) groups excluding carboxylic acids is 1. The van der Waals surface area contributed by atoms with Crippen LogP contribution in [0.3, 0.4) is 0 Å². The zero-order chi connectivity index (χ0) is 12.1. The van der Waals surface area contributed by atoms with Crippen LogP contribution in [-0.4, -0.2) is 23.9 Å². The number of anilines is 1. The Morgan fingerprint density at radius 3 is 2.44 bits per heavy atom. The fourth-order valence-electron chi connectivity index (χ4n) is 1.64. The molecule has 1 amide bonds. The summed E-state index contributed by atoms with van der Waals surface area (Å²) in [7, 11) is 1.85. The number of rotatable bonds is 4. The summed E-state index contributed by atoms with van der Waals surface area (Å²) in [5.74, 6) is 0.0564. The molecular weight excluding hydrogens is 200 g/mol. The predicted octanol–water partition coefficient (Wildman–Crippen LogP) is 2.53. The van der Waals surface area contributed by atoms with Crippen molar-refractivity contribution >= 4 is 11.6 Å². The Labute approximate surface area is 97.2 Å². The van der Waals surface area contributed by atoms with Crippen molar-refractivity contribution in [2.24, 2.45) is 0 Å². The minimum atomic E-state index is 0.0564. The summed E-state index contributed by atoms with van der Waals surface area (Å²) in [6.45, 7) is 4.19. The van der Waals surface area contributed by atoms with E-state index in [1.54, 1.807) is 29.2 Å². The van der Waals surface area contributed by atoms with Gasteiger partial charge in [0.05, 0.1) is 0 Å². The summed E-state index contributed by atoms with van der Waals surface area (Å²) < 4.78 is 0. The van der Waals surface area contributed by atoms with Gasteiger partial charge in [-0.05, 0) is 37.6 Å². The second-order valence-corrected chi connectivity index (χ2v) is 4.18. The first kappa shape index (κ1) is 12.6. The van der Waals surface area contributed by atoms with E-state index in [-0.39, 0.29) is 11.9 Å². The zero-order valence-corrected chi connectivity index (χ0v) is 10.2. The van der Waals surface area contributed by atoms with Crippen molar-refractivity contribution in [1.29, 1.82) is 0 Å². The molecule has 0 radical (unpaired) electrons. The quantitative estimate of drug-likeness (QED) is 0.792. The van der Waals surface area contributed by atoms with Gasteiger partial charge in [-0.25, -0.2) is 0 Å². The average molecular weight is 220 g/mol. The topological polar surface area (TPSA) is 46.3 Å². The molecule has 16 heavy (non-hydrogen) atoms. The Balaban J connectivity index is 2.73. The second kappa shape index (κ2) is 5.54. The molecule has 2 N–H and O–H groups in total. The van der Waals surface area contributed by atoms with E-state index in [0.717, 1.165) is 12.8 Å². The number of amides is 1. The average Bonchev–Trinajstić information content (AvgIpc) is 2.28. The summed E-state index contributed by atoms with van der Waals surface area (Å²) in [5, 5.41) is 0. The van der Waals surface area contributed by atoms with Crippen LogP contribution in [0.1, 0.15) is 37.0 Å². The van der Waals surface area contributed by atoms with E-state index in [4.69, 9.17) is 5.73 Å². The highest BCUT2D eigenvalue weighted by atomic mass is 16.2. The molecule has 1 aromatic carbocycles. The molecule has 0 aromatic heterocycles. The summed E-state index contributed by atoms with van der Waals surface area (Å²) in [6.07, 6.45) is 2.11. The van der Waals surface area contributed by atoms with E-state index >= 15 is 0 Å². The van der Waals surface area contributed by atoms with Crippen LogP contribution in [0, 0.1) is 0 Å². The summed E-state index contributed by atoms with van der Waals surface area (Å²) in [4.78, 5) is 13.8. The first-order valence-electron chi connectivity index (χ1n) is 5.69. The highest BCUT2D eigenvalue weighted by Gasteiger charge is 2.16. The Kier molecular flexibility index (Phi) is 4.35. The molecule has 0 saturated heterocycles. The lowest BCUT2D eigenvalue weighted by molar-refractivity contribution is 0.0737. The number of hydrogen-bond donors (Lipinski definition) is 1. The molecule has 1 aromatic rings. The van der Waals surface area contributed by atoms with Crippen molar-refractivity contribution in [2.45, 2.75) is 32.7 Å². The molecule has 0 spiro atoms. The smallest absolute Gasteiger partial charge is 0.253 e. The fraction of sp³-hybridized carbons (Fsp3) is 0.462. The SMILES string of the molecule is CCCC(C)N(C)C(=O)c1ccc(N)cc1. The van der Waals surface area contributed by atoms with Gasteiger partial charge < -0.3 is 10.6 Å². The van der Waals surface area contributed by atoms with E-state index in [9.17, 15) is 4.79 Å². The Morgan fingerprint density at radius 2 is 1.94 bits per heavy atom. The van der Waals surface area contributed by atoms with Crippen molar-refractivity contribution in [1.82, 2.24) is 4.90 Å². The van der Waals surface area contributed by atoms with Crippen molar-refractivity contribution in [3.05, 3.63) is 29.8 Å². The van der Waals surface area contributed by atoms with Crippen LogP contribution in [0.15, 0.2) is 24.3 Å². The second-order valence-electron chi connectivity index (χ2n) is 4.18. The molecule has 0 aliphatic heterocycles. The normalized spacial score (nSPS) is 12.2. The van der Waals surface area contributed by atoms with Gasteiger partial charge in [-0.2, -0.15) is 0 Å². The maximum atomic E-state index is 12.1. The fourth-order valence-corrected chi connectivity index (χ4v) is 1.64. The number of hydrogen-bond acceptors (Lipinski definition) is 2. The number of nitrogens with zero attached hydrogens (tertiary/aromatic N) is 1. The van der Waals surface area contributed by atoms with Gasteiger partial charge in [-0.3, -0.25) is 4.79 Å². The van der Waals surface area contributed by atoms with Crippen LogP contribution < -0.4 is 5.73 Å². The van der Waals surface area contributed by atoms with Crippen LogP contribution in [-0.2, 0) is 0 Å². The monoisotopic (exact) mass is 220 g/mol. The van der Waals surface area contributed by atoms with Crippen LogP contribution in [0.2, 0.25) is 0 Å². The molecule has 0 aliphatic carbocycles. The minimum absolute atomic E-state index is 0.0564. The van der Waals surface area contributed by atoms with E-state index < -0.39 is 0 Å². The van der Waals surface area contributed by atoms with E-state index in [1.165, 1.54) is 0 Å². The third-order valence-electron chi connectivity index (χ3n) is 2.85. The maximum absolute atomic E-state index is 12.1. The van der Waals surface area contributed by atoms with Gasteiger partial charge >= 0.3 is 0 Å². The summed E-state index contributed by atoms with van der Waals surface area (Å²) in [6, 6.07) is 7.33. The summed E-state index contributed by atoms with van der Waals surface area (Å²) >= 11 is 0. The Morgan fingerprint density at radius 1 is 1.38 bits per heavy atom. The predicted molar refractivity (Wildman–Crippen MR) is 67.3 cm³/mol. The molecule has 0 aliphatic rings. The van der Waals surface area contributed by atoms with Crippen LogP contribution >= 0.6 is 0 Å². The molecule has 0 heterocycles. The van der Waals surface area contributed by atoms with Crippen LogP contribution in [0.4, 0.5) is 5.69 Å². The number of nitrogens with two attached hydrogens (primary N) is 1. The molecule has 1 unspecified atom stereocenters. The molecular formula is C13H20N2O. The molecule has 1 rings (SSSR count). The van der Waals surface area contributed by atoms with Gasteiger partial charge in [-0.1, -0.05) is 13.3 Å². The third kappa shape index (κ3) is 2.99. The molecule has 3 nitrogen and oxygen atoms in total. The third-order valence-corrected chi connectivity index (χ3v) is 2.85. The van der Waals surface area contributed by atoms with E-state index in [2.05, 4.69) is 13.8 Å². The van der Waals surface area contributed by atoms with Gasteiger partial charge in [0.25, 0.3) is 5.91 Å². The first-order chi connectivity index (χ1) is 7.56. The van der Waals surface area contributed by atoms with Crippen molar-refractivity contribution in [2.75, 3.05) is 12.8 Å². The minimum Gasteiger partial charge on any atom is -0.399 e. The summed E-state index contributed by atoms with van der Waals surface area (Å²) in [5.41, 5.74) is 6.96. The van der Waals surface area contributed by atoms with Gasteiger partial charge in [0, 0.05) is 24.3 Å². The molecule has 3 heteroatoms. The number of nitrogen functional groups attached to an aromatic ring is 1. The van der Waals surface area contributed by atoms with Crippen molar-refractivity contribution in [3.63, 3.8) is 0 Å². The molecule has 0 bridgehead atoms. The van der Waals surface area contributed by atoms with Gasteiger partial charge in [-0.15, -0.1) is 0 Å². The van der Waals surface area contributed by atoms with Crippen molar-refractivity contribution < 1.29 is 4.79 Å². The standard InChI is InChI=1S/C13H20N2O/c1-4-5-10(2)15(3)13(16)11-6-8-12(14)9-7-11/h6-10H,4-5,14H2,1-3H3. The molecule has 88 valence electrons. The van der Waals surface area contributed by atoms with Crippen molar-refractivity contribution in [3.8, 4) is 0 Å². The highest BCUT2D eigenvalue weighted by molar-refractivity contribution is 5.94. The zero-order valence-electron chi connectivity index (χ0n) is 10.2. The molecule has 1 atom stereocenters. The van der Waals surface area contributed by atoms with Crippen LogP contribution in [0.25, 0.3) is 0 Å². The van der Waals surface area contributed by atoms with Crippen LogP contribution in [0.5, 0.6) is 0 Å². The lowest BCUT2D eigenvalue weighted by Gasteiger charge is -2.24. The van der Waals surface area contributed by atoms with Gasteiger partial charge in [0.1, 0.15) is 0 Å². The molecule has 0 fully saturated rings. The molecule has 0 saturated carbocycles. The van der Waals surface area contributed by atoms with Gasteiger partial charge in [0.2, 0.25) is 0 Å². The van der Waals surface area contributed by atoms with E-state index in [1.807, 2.05) is 7.05 Å². The highest BCUT2D eigenvalue weighted by Crippen LogP contribution is 2.11. The van der Waals surface area contributed by atoms with E-state index in [0.29, 0.717) is 11.3 Å². The number of benzene rings is 1. The van der Waals surface area contributed by atoms with Gasteiger partial charge in [0.15, 0.2) is 0 Å². The lowest BCUT2D eigenvalue weighted by atomic mass is 10.1. The lowest BCUT2D eigenvalue weighted by Crippen LogP contribution is -2.34.